The van der Waals surface area contributed by atoms with Gasteiger partial charge in [-0.3, -0.25) is 0 Å². The van der Waals surface area contributed by atoms with Crippen molar-refractivity contribution in [2.75, 3.05) is 0 Å². The van der Waals surface area contributed by atoms with Crippen LogP contribution in [0.25, 0.3) is 0 Å². The molecular weight excluding hydrogens is 103 g/mol. The Morgan fingerprint density at radius 2 is 2.17 bits per heavy atom. The summed E-state index contributed by atoms with van der Waals surface area (Å²) < 4.78 is 0. The molecule has 0 aliphatic carbocycles. The number of hydrogen-bond acceptors (Lipinski definition) is 1. The summed E-state index contributed by atoms with van der Waals surface area (Å²) in [6, 6.07) is 0.972. The molecule has 0 heterocycles. The van der Waals surface area contributed by atoms with Crippen molar-refractivity contribution < 1.29 is 34.4 Å². The molecule has 1 nitrogen and oxygen atoms in total. The molecule has 0 bridgehead atoms. The summed E-state index contributed by atoms with van der Waals surface area (Å²) in [4.78, 5) is 9.67. The maximum Gasteiger partial charge on any atom is 1.00 e. The van der Waals surface area contributed by atoms with Gasteiger partial charge in [0.05, 0.1) is 0 Å². The first-order valence-corrected chi connectivity index (χ1v) is 3.57. The summed E-state index contributed by atoms with van der Waals surface area (Å²) in [5.41, 5.74) is 0. The van der Waals surface area contributed by atoms with Gasteiger partial charge >= 0.3 is 29.6 Å². The van der Waals surface area contributed by atoms with Crippen LogP contribution in [0.15, 0.2) is 0 Å². The summed E-state index contributed by atoms with van der Waals surface area (Å²) in [6.07, 6.45) is 1.09. The molecule has 0 amide bonds. The zero-order chi connectivity index (χ0) is 4.12. The minimum Gasteiger partial charge on any atom is -0.863 e. The van der Waals surface area contributed by atoms with Crippen LogP contribution in [0.2, 0.25) is 6.04 Å². The second kappa shape index (κ2) is 9.49. The summed E-state index contributed by atoms with van der Waals surface area (Å²) in [7, 11) is -0.836. The fourth-order valence-corrected chi connectivity index (χ4v) is 0.433. The van der Waals surface area contributed by atoms with Crippen molar-refractivity contribution in [1.82, 2.24) is 0 Å². The molecule has 6 heavy (non-hydrogen) atoms. The van der Waals surface area contributed by atoms with Crippen LogP contribution in [0.3, 0.4) is 0 Å². The molecule has 0 rings (SSSR count). The standard InChI is InChI=1S/C3H9OSi.Na/c1-2-3-5-4;/h2-3,5H2,1H3;/q-1;+1. The van der Waals surface area contributed by atoms with Crippen molar-refractivity contribution in [2.24, 2.45) is 0 Å². The zero-order valence-corrected chi connectivity index (χ0v) is 7.94. The molecule has 32 valence electrons. The first-order valence-electron chi connectivity index (χ1n) is 2.00. The summed E-state index contributed by atoms with van der Waals surface area (Å²) in [5.74, 6) is 0. The van der Waals surface area contributed by atoms with Gasteiger partial charge in [-0.15, -0.1) is 0 Å². The van der Waals surface area contributed by atoms with E-state index in [1.54, 1.807) is 0 Å². The van der Waals surface area contributed by atoms with E-state index in [1.807, 2.05) is 6.92 Å². The Kier molecular flexibility index (Phi) is 16.2. The largest absolute Gasteiger partial charge is 1.00 e. The summed E-state index contributed by atoms with van der Waals surface area (Å²) in [6.45, 7) is 2.05. The third kappa shape index (κ3) is 8.95. The van der Waals surface area contributed by atoms with E-state index in [2.05, 4.69) is 0 Å². The van der Waals surface area contributed by atoms with E-state index in [4.69, 9.17) is 0 Å². The van der Waals surface area contributed by atoms with Crippen molar-refractivity contribution >= 4 is 9.76 Å². The second-order valence-corrected chi connectivity index (χ2v) is 2.17. The van der Waals surface area contributed by atoms with E-state index in [1.165, 1.54) is 0 Å². The van der Waals surface area contributed by atoms with Gasteiger partial charge in [-0.05, 0) is 0 Å². The summed E-state index contributed by atoms with van der Waals surface area (Å²) >= 11 is 0. The Morgan fingerprint density at radius 1 is 1.67 bits per heavy atom. The van der Waals surface area contributed by atoms with E-state index < -0.39 is 9.76 Å². The van der Waals surface area contributed by atoms with Gasteiger partial charge in [0.2, 0.25) is 0 Å². The maximum atomic E-state index is 9.67. The average molecular weight is 112 g/mol. The van der Waals surface area contributed by atoms with Crippen molar-refractivity contribution in [3.05, 3.63) is 0 Å². The Morgan fingerprint density at radius 3 is 2.17 bits per heavy atom. The smallest absolute Gasteiger partial charge is 0.863 e. The van der Waals surface area contributed by atoms with Crippen molar-refractivity contribution in [2.45, 2.75) is 19.4 Å². The molecule has 0 aromatic carbocycles. The normalized spacial score (nSPS) is 9.00. The molecule has 0 saturated carbocycles. The van der Waals surface area contributed by atoms with Gasteiger partial charge in [-0.1, -0.05) is 29.2 Å². The Labute approximate surface area is 63.4 Å². The molecule has 0 atom stereocenters. The van der Waals surface area contributed by atoms with Gasteiger partial charge in [-0.25, -0.2) is 0 Å². The Balaban J connectivity index is 0. The Hall–Kier alpha value is 1.18. The van der Waals surface area contributed by atoms with Crippen molar-refractivity contribution in [3.63, 3.8) is 0 Å². The second-order valence-electron chi connectivity index (χ2n) is 1.06. The van der Waals surface area contributed by atoms with Crippen LogP contribution in [0, 0.1) is 0 Å². The van der Waals surface area contributed by atoms with Crippen LogP contribution >= 0.6 is 0 Å². The van der Waals surface area contributed by atoms with Gasteiger partial charge in [0.15, 0.2) is 0 Å². The summed E-state index contributed by atoms with van der Waals surface area (Å²) in [5, 5.41) is 0. The van der Waals surface area contributed by atoms with Crippen LogP contribution in [0.1, 0.15) is 13.3 Å². The molecule has 0 spiro atoms. The minimum absolute atomic E-state index is 0. The molecule has 0 unspecified atom stereocenters. The molecule has 0 radical (unpaired) electrons. The fourth-order valence-electron chi connectivity index (χ4n) is 0.144. The number of rotatable bonds is 2. The topological polar surface area (TPSA) is 23.1 Å². The molecule has 3 heteroatoms. The Bertz CT molecular complexity index is 18.3. The van der Waals surface area contributed by atoms with Crippen molar-refractivity contribution in [3.8, 4) is 0 Å². The molecule has 0 aliphatic rings. The van der Waals surface area contributed by atoms with Gasteiger partial charge < -0.3 is 4.80 Å². The molecule has 0 saturated heterocycles. The first-order chi connectivity index (χ1) is 2.41. The SMILES string of the molecule is CCC[SiH2][O-].[Na+]. The van der Waals surface area contributed by atoms with Gasteiger partial charge in [0, 0.05) is 0 Å². The van der Waals surface area contributed by atoms with E-state index in [9.17, 15) is 4.80 Å². The number of hydrogen-bond donors (Lipinski definition) is 0. The van der Waals surface area contributed by atoms with E-state index in [-0.39, 0.29) is 29.6 Å². The zero-order valence-electron chi connectivity index (χ0n) is 4.53. The van der Waals surface area contributed by atoms with Gasteiger partial charge in [-0.2, -0.15) is 0 Å². The van der Waals surface area contributed by atoms with E-state index in [0.717, 1.165) is 12.5 Å². The molecule has 0 aromatic heterocycles. The quantitative estimate of drug-likeness (QED) is 0.337. The van der Waals surface area contributed by atoms with Crippen LogP contribution in [0.4, 0.5) is 0 Å². The molecular formula is C3H9NaOSi. The van der Waals surface area contributed by atoms with E-state index in [0.29, 0.717) is 0 Å². The molecule has 0 fully saturated rings. The molecule has 0 aromatic rings. The molecule has 0 N–H and O–H groups in total. The van der Waals surface area contributed by atoms with Crippen LogP contribution < -0.4 is 34.4 Å². The third-order valence-corrected chi connectivity index (χ3v) is 1.49. The molecule has 0 aliphatic heterocycles. The van der Waals surface area contributed by atoms with Crippen LogP contribution in [-0.2, 0) is 0 Å². The predicted molar refractivity (Wildman–Crippen MR) is 23.6 cm³/mol. The van der Waals surface area contributed by atoms with Gasteiger partial charge in [0.25, 0.3) is 0 Å². The predicted octanol–water partition coefficient (Wildman–Crippen LogP) is -3.74. The van der Waals surface area contributed by atoms with Crippen LogP contribution in [-0.4, -0.2) is 9.76 Å². The third-order valence-electron chi connectivity index (χ3n) is 0.498. The fraction of sp³-hybridized carbons (Fsp3) is 1.00. The minimum atomic E-state index is -0.836. The van der Waals surface area contributed by atoms with Crippen LogP contribution in [0.5, 0.6) is 0 Å². The monoisotopic (exact) mass is 112 g/mol. The maximum absolute atomic E-state index is 9.67. The van der Waals surface area contributed by atoms with E-state index >= 15 is 0 Å². The van der Waals surface area contributed by atoms with Gasteiger partial charge in [0.1, 0.15) is 0 Å². The van der Waals surface area contributed by atoms with Crippen molar-refractivity contribution in [1.29, 1.82) is 0 Å². The first kappa shape index (κ1) is 10.2. The average Bonchev–Trinajstić information content (AvgIpc) is 1.41.